The molecule has 0 bridgehead atoms. The fourth-order valence-corrected chi connectivity index (χ4v) is 2.05. The van der Waals surface area contributed by atoms with E-state index in [1.165, 1.54) is 18.5 Å². The van der Waals surface area contributed by atoms with Crippen molar-refractivity contribution in [3.8, 4) is 0 Å². The molecule has 1 saturated carbocycles. The molecule has 0 radical (unpaired) electrons. The summed E-state index contributed by atoms with van der Waals surface area (Å²) in [6, 6.07) is 3.91. The summed E-state index contributed by atoms with van der Waals surface area (Å²) in [5.74, 6) is 2.11. The molecular weight excluding hydrogens is 250 g/mol. The van der Waals surface area contributed by atoms with Crippen LogP contribution in [0.4, 0.5) is 11.6 Å². The number of aromatic nitrogens is 4. The van der Waals surface area contributed by atoms with E-state index >= 15 is 0 Å². The molecule has 2 heterocycles. The Kier molecular flexibility index (Phi) is 2.91. The summed E-state index contributed by atoms with van der Waals surface area (Å²) in [4.78, 5) is 8.26. The number of nitrogens with one attached hydrogen (secondary N) is 2. The van der Waals surface area contributed by atoms with Crippen molar-refractivity contribution in [3.05, 3.63) is 28.8 Å². The zero-order chi connectivity index (χ0) is 12.5. The molecule has 3 rings (SSSR count). The molecule has 2 N–H and O–H groups in total. The molecule has 0 amide bonds. The molecule has 0 saturated heterocycles. The number of halogens is 1. The topological polar surface area (TPSA) is 66.5 Å². The molecule has 6 heteroatoms. The van der Waals surface area contributed by atoms with Crippen molar-refractivity contribution in [2.75, 3.05) is 5.32 Å². The molecule has 1 aliphatic rings. The largest absolute Gasteiger partial charge is 0.323 e. The monoisotopic (exact) mass is 263 g/mol. The lowest BCUT2D eigenvalue weighted by atomic mass is 10.3. The minimum absolute atomic E-state index is 0.259. The molecule has 1 aliphatic carbocycles. The minimum Gasteiger partial charge on any atom is -0.323 e. The Hall–Kier alpha value is -1.62. The van der Waals surface area contributed by atoms with Crippen molar-refractivity contribution in [1.29, 1.82) is 0 Å². The van der Waals surface area contributed by atoms with Gasteiger partial charge in [-0.15, -0.1) is 0 Å². The molecular formula is C12H14ClN5. The average molecular weight is 264 g/mol. The first-order chi connectivity index (χ1) is 8.74. The van der Waals surface area contributed by atoms with Crippen molar-refractivity contribution >= 4 is 23.2 Å². The lowest BCUT2D eigenvalue weighted by Gasteiger charge is -2.03. The number of aryl methyl sites for hydroxylation is 1. The summed E-state index contributed by atoms with van der Waals surface area (Å²) in [6.07, 6.45) is 3.33. The SMILES string of the molecule is CCc1cc(Nc2cc(C3CC3)[nH]n2)nc(Cl)n1. The highest BCUT2D eigenvalue weighted by Gasteiger charge is 2.25. The van der Waals surface area contributed by atoms with E-state index in [-0.39, 0.29) is 5.28 Å². The summed E-state index contributed by atoms with van der Waals surface area (Å²) in [5.41, 5.74) is 2.10. The van der Waals surface area contributed by atoms with E-state index in [9.17, 15) is 0 Å². The van der Waals surface area contributed by atoms with E-state index in [1.54, 1.807) is 0 Å². The van der Waals surface area contributed by atoms with Crippen molar-refractivity contribution in [1.82, 2.24) is 20.2 Å². The van der Waals surface area contributed by atoms with Crippen molar-refractivity contribution in [3.63, 3.8) is 0 Å². The summed E-state index contributed by atoms with van der Waals surface area (Å²) in [6.45, 7) is 2.03. The Morgan fingerprint density at radius 3 is 2.89 bits per heavy atom. The molecule has 0 spiro atoms. The lowest BCUT2D eigenvalue weighted by molar-refractivity contribution is 0.965. The number of anilines is 2. The summed E-state index contributed by atoms with van der Waals surface area (Å²) < 4.78 is 0. The summed E-state index contributed by atoms with van der Waals surface area (Å²) >= 11 is 5.87. The molecule has 5 nitrogen and oxygen atoms in total. The standard InChI is InChI=1S/C12H14ClN5/c1-2-8-5-10(16-12(13)14-8)15-11-6-9(17-18-11)7-3-4-7/h5-7H,2-4H2,1H3,(H2,14,15,16,17,18). The third-order valence-electron chi connectivity index (χ3n) is 2.99. The van der Waals surface area contributed by atoms with E-state index in [0.717, 1.165) is 17.9 Å². The molecule has 0 unspecified atom stereocenters. The molecule has 0 aliphatic heterocycles. The third kappa shape index (κ3) is 2.46. The maximum atomic E-state index is 5.87. The first-order valence-electron chi connectivity index (χ1n) is 6.10. The molecule has 0 atom stereocenters. The van der Waals surface area contributed by atoms with Crippen LogP contribution in [0.2, 0.25) is 5.28 Å². The summed E-state index contributed by atoms with van der Waals surface area (Å²) in [7, 11) is 0. The van der Waals surface area contributed by atoms with Crippen LogP contribution in [0.1, 0.15) is 37.1 Å². The van der Waals surface area contributed by atoms with Crippen LogP contribution in [0.3, 0.4) is 0 Å². The van der Waals surface area contributed by atoms with E-state index < -0.39 is 0 Å². The van der Waals surface area contributed by atoms with Gasteiger partial charge in [0.2, 0.25) is 5.28 Å². The lowest BCUT2D eigenvalue weighted by Crippen LogP contribution is -1.98. The third-order valence-corrected chi connectivity index (χ3v) is 3.15. The first kappa shape index (κ1) is 11.5. The molecule has 18 heavy (non-hydrogen) atoms. The van der Waals surface area contributed by atoms with Crippen LogP contribution in [0.15, 0.2) is 12.1 Å². The van der Waals surface area contributed by atoms with E-state index in [4.69, 9.17) is 11.6 Å². The second-order valence-electron chi connectivity index (χ2n) is 4.47. The van der Waals surface area contributed by atoms with E-state index in [1.807, 2.05) is 19.1 Å². The maximum Gasteiger partial charge on any atom is 0.224 e. The fourth-order valence-electron chi connectivity index (χ4n) is 1.85. The molecule has 2 aromatic heterocycles. The second-order valence-corrected chi connectivity index (χ2v) is 4.81. The van der Waals surface area contributed by atoms with Gasteiger partial charge in [-0.1, -0.05) is 6.92 Å². The molecule has 2 aromatic rings. The van der Waals surface area contributed by atoms with Gasteiger partial charge in [0.1, 0.15) is 5.82 Å². The van der Waals surface area contributed by atoms with Crippen molar-refractivity contribution < 1.29 is 0 Å². The van der Waals surface area contributed by atoms with E-state index in [0.29, 0.717) is 11.7 Å². The van der Waals surface area contributed by atoms with Gasteiger partial charge in [0, 0.05) is 29.4 Å². The number of rotatable bonds is 4. The van der Waals surface area contributed by atoms with Gasteiger partial charge in [-0.05, 0) is 30.9 Å². The normalized spacial score (nSPS) is 14.8. The number of hydrogen-bond donors (Lipinski definition) is 2. The van der Waals surface area contributed by atoms with Gasteiger partial charge in [-0.25, -0.2) is 9.97 Å². The predicted octanol–water partition coefficient (Wildman–Crippen LogP) is 3.04. The van der Waals surface area contributed by atoms with Crippen LogP contribution >= 0.6 is 11.6 Å². The zero-order valence-corrected chi connectivity index (χ0v) is 10.8. The Balaban J connectivity index is 1.79. The Bertz CT molecular complexity index is 561. The quantitative estimate of drug-likeness (QED) is 0.832. The molecule has 1 fully saturated rings. The van der Waals surface area contributed by atoms with E-state index in [2.05, 4.69) is 25.5 Å². The molecule has 0 aromatic carbocycles. The van der Waals surface area contributed by atoms with Gasteiger partial charge >= 0.3 is 0 Å². The van der Waals surface area contributed by atoms with Crippen LogP contribution in [-0.4, -0.2) is 20.2 Å². The number of nitrogens with zero attached hydrogens (tertiary/aromatic N) is 3. The molecule has 94 valence electrons. The highest BCUT2D eigenvalue weighted by molar-refractivity contribution is 6.28. The number of H-pyrrole nitrogens is 1. The minimum atomic E-state index is 0.259. The van der Waals surface area contributed by atoms with Crippen LogP contribution in [0.25, 0.3) is 0 Å². The average Bonchev–Trinajstić information content (AvgIpc) is 3.10. The fraction of sp³-hybridized carbons (Fsp3) is 0.417. The highest BCUT2D eigenvalue weighted by atomic mass is 35.5. The number of hydrogen-bond acceptors (Lipinski definition) is 4. The van der Waals surface area contributed by atoms with Gasteiger partial charge in [0.15, 0.2) is 5.82 Å². The maximum absolute atomic E-state index is 5.87. The Morgan fingerprint density at radius 2 is 2.17 bits per heavy atom. The van der Waals surface area contributed by atoms with Gasteiger partial charge in [0.05, 0.1) is 0 Å². The summed E-state index contributed by atoms with van der Waals surface area (Å²) in [5, 5.41) is 10.7. The van der Waals surface area contributed by atoms with Crippen LogP contribution in [0, 0.1) is 0 Å². The predicted molar refractivity (Wildman–Crippen MR) is 70.3 cm³/mol. The van der Waals surface area contributed by atoms with Crippen molar-refractivity contribution in [2.45, 2.75) is 32.1 Å². The first-order valence-corrected chi connectivity index (χ1v) is 6.48. The Morgan fingerprint density at radius 1 is 1.33 bits per heavy atom. The van der Waals surface area contributed by atoms with Gasteiger partial charge in [-0.2, -0.15) is 5.10 Å². The van der Waals surface area contributed by atoms with Crippen molar-refractivity contribution in [2.24, 2.45) is 0 Å². The van der Waals surface area contributed by atoms with Gasteiger partial charge in [0.25, 0.3) is 0 Å². The Labute approximate surface area is 110 Å². The highest BCUT2D eigenvalue weighted by Crippen LogP contribution is 2.39. The van der Waals surface area contributed by atoms with Crippen LogP contribution < -0.4 is 5.32 Å². The van der Waals surface area contributed by atoms with Gasteiger partial charge in [-0.3, -0.25) is 5.10 Å². The smallest absolute Gasteiger partial charge is 0.224 e. The van der Waals surface area contributed by atoms with Crippen LogP contribution in [0.5, 0.6) is 0 Å². The second kappa shape index (κ2) is 4.57. The zero-order valence-electron chi connectivity index (χ0n) is 10.1. The van der Waals surface area contributed by atoms with Crippen LogP contribution in [-0.2, 0) is 6.42 Å². The van der Waals surface area contributed by atoms with Gasteiger partial charge < -0.3 is 5.32 Å². The number of aromatic amines is 1.